The third-order valence-electron chi connectivity index (χ3n) is 3.58. The first kappa shape index (κ1) is 16.4. The minimum atomic E-state index is -0.259. The van der Waals surface area contributed by atoms with Crippen LogP contribution in [-0.4, -0.2) is 43.3 Å². The van der Waals surface area contributed by atoms with Gasteiger partial charge in [0.1, 0.15) is 0 Å². The van der Waals surface area contributed by atoms with E-state index in [0.29, 0.717) is 18.1 Å². The Morgan fingerprint density at radius 2 is 2.27 bits per heavy atom. The molecule has 10 heteroatoms. The zero-order valence-corrected chi connectivity index (χ0v) is 13.0. The average molecular weight is 327 g/mol. The summed E-state index contributed by atoms with van der Waals surface area (Å²) in [4.78, 5) is 12.5. The van der Waals surface area contributed by atoms with Crippen LogP contribution in [0.2, 0.25) is 0 Å². The molecular weight excluding hydrogens is 308 g/mol. The van der Waals surface area contributed by atoms with Crippen LogP contribution in [0.1, 0.15) is 53.4 Å². The van der Waals surface area contributed by atoms with Gasteiger partial charge in [0.05, 0.1) is 6.04 Å². The molecule has 1 atom stereocenters. The molecule has 0 aromatic carbocycles. The van der Waals surface area contributed by atoms with Crippen molar-refractivity contribution in [2.75, 3.05) is 6.54 Å². The quantitative estimate of drug-likeness (QED) is 0.625. The Balaban J connectivity index is 0.00000176. The summed E-state index contributed by atoms with van der Waals surface area (Å²) >= 11 is 0. The van der Waals surface area contributed by atoms with Crippen LogP contribution in [0.15, 0.2) is 0 Å². The first-order chi connectivity index (χ1) is 10.3. The van der Waals surface area contributed by atoms with Gasteiger partial charge in [-0.05, 0) is 6.42 Å². The molecule has 1 aliphatic heterocycles. The van der Waals surface area contributed by atoms with Gasteiger partial charge in [-0.3, -0.25) is 9.89 Å². The summed E-state index contributed by atoms with van der Waals surface area (Å²) in [6, 6.07) is -0.259. The molecule has 9 nitrogen and oxygen atoms in total. The molecule has 22 heavy (non-hydrogen) atoms. The maximum atomic E-state index is 12.5. The van der Waals surface area contributed by atoms with Crippen molar-refractivity contribution in [3.63, 3.8) is 0 Å². The van der Waals surface area contributed by atoms with Gasteiger partial charge in [0.15, 0.2) is 11.5 Å². The summed E-state index contributed by atoms with van der Waals surface area (Å²) in [5, 5.41) is 27.2. The Morgan fingerprint density at radius 1 is 1.41 bits per heavy atom. The van der Waals surface area contributed by atoms with E-state index in [0.717, 1.165) is 37.1 Å². The third-order valence-corrected chi connectivity index (χ3v) is 3.58. The van der Waals surface area contributed by atoms with Gasteiger partial charge in [0, 0.05) is 30.8 Å². The Hall–Kier alpha value is -2.00. The number of carbonyl (C=O) groups is 1. The summed E-state index contributed by atoms with van der Waals surface area (Å²) in [6.45, 7) is 3.60. The number of tetrazole rings is 1. The van der Waals surface area contributed by atoms with Crippen molar-refractivity contribution in [2.45, 2.75) is 38.8 Å². The number of aromatic amines is 2. The molecule has 0 fully saturated rings. The molecule has 1 unspecified atom stereocenters. The normalized spacial score (nSPS) is 14.8. The van der Waals surface area contributed by atoms with E-state index in [2.05, 4.69) is 41.5 Å². The maximum absolute atomic E-state index is 12.5. The fourth-order valence-corrected chi connectivity index (χ4v) is 2.51. The number of carbonyl (C=O) groups excluding carboxylic acids is 1. The van der Waals surface area contributed by atoms with Gasteiger partial charge < -0.3 is 10.6 Å². The molecule has 3 rings (SSSR count). The zero-order chi connectivity index (χ0) is 14.7. The van der Waals surface area contributed by atoms with Gasteiger partial charge in [-0.25, -0.2) is 0 Å². The van der Waals surface area contributed by atoms with E-state index in [1.54, 1.807) is 0 Å². The average Bonchev–Trinajstić information content (AvgIpc) is 3.16. The number of aromatic nitrogens is 6. The minimum Gasteiger partial charge on any atom is -0.340 e. The molecule has 4 N–H and O–H groups in total. The number of amides is 1. The molecular formula is C12H19ClN8O. The van der Waals surface area contributed by atoms with E-state index >= 15 is 0 Å². The van der Waals surface area contributed by atoms with E-state index in [-0.39, 0.29) is 24.4 Å². The van der Waals surface area contributed by atoms with Crippen LogP contribution < -0.4 is 10.6 Å². The molecule has 1 amide bonds. The van der Waals surface area contributed by atoms with E-state index in [9.17, 15) is 4.79 Å². The summed E-state index contributed by atoms with van der Waals surface area (Å²) < 4.78 is 0. The maximum Gasteiger partial charge on any atom is 0.272 e. The highest BCUT2D eigenvalue weighted by Crippen LogP contribution is 2.18. The summed E-state index contributed by atoms with van der Waals surface area (Å²) in [7, 11) is 0. The fourth-order valence-electron chi connectivity index (χ4n) is 2.51. The van der Waals surface area contributed by atoms with Crippen LogP contribution in [0.5, 0.6) is 0 Å². The highest BCUT2D eigenvalue weighted by molar-refractivity contribution is 5.94. The van der Waals surface area contributed by atoms with Gasteiger partial charge in [0.2, 0.25) is 0 Å². The predicted octanol–water partition coefficient (Wildman–Crippen LogP) is 0.261. The van der Waals surface area contributed by atoms with Gasteiger partial charge in [0.25, 0.3) is 5.91 Å². The van der Waals surface area contributed by atoms with Crippen LogP contribution in [-0.2, 0) is 13.0 Å². The standard InChI is InChI=1S/C12H18N8O.ClH/c1-2-3-9(11-17-19-20-18-11)14-12(21)10-7-6-13-5-4-8(7)15-16-10;/h9,13H,2-6H2,1H3,(H,14,21)(H,15,16)(H,17,18,19,20);1H. The van der Waals surface area contributed by atoms with Crippen molar-refractivity contribution >= 4 is 18.3 Å². The number of halogens is 1. The Labute approximate surface area is 133 Å². The lowest BCUT2D eigenvalue weighted by molar-refractivity contribution is 0.0926. The van der Waals surface area contributed by atoms with Crippen LogP contribution >= 0.6 is 12.4 Å². The van der Waals surface area contributed by atoms with Crippen molar-refractivity contribution in [3.8, 4) is 0 Å². The van der Waals surface area contributed by atoms with Gasteiger partial charge in [-0.1, -0.05) is 18.6 Å². The monoisotopic (exact) mass is 326 g/mol. The number of fused-ring (bicyclic) bond motifs is 1. The van der Waals surface area contributed by atoms with Crippen molar-refractivity contribution < 1.29 is 4.79 Å². The lowest BCUT2D eigenvalue weighted by Gasteiger charge is -2.16. The Bertz CT molecular complexity index is 611. The number of nitrogens with one attached hydrogen (secondary N) is 4. The highest BCUT2D eigenvalue weighted by Gasteiger charge is 2.25. The fraction of sp³-hybridized carbons (Fsp3) is 0.583. The lowest BCUT2D eigenvalue weighted by Crippen LogP contribution is -2.31. The molecule has 2 aromatic rings. The molecule has 3 heterocycles. The second-order valence-electron chi connectivity index (χ2n) is 5.04. The van der Waals surface area contributed by atoms with Crippen LogP contribution in [0.4, 0.5) is 0 Å². The molecule has 0 radical (unpaired) electrons. The minimum absolute atomic E-state index is 0. The SMILES string of the molecule is CCCC(NC(=O)c1n[nH]c2c1CNCC2)c1nn[nH]n1.Cl. The zero-order valence-electron chi connectivity index (χ0n) is 12.2. The third kappa shape index (κ3) is 3.25. The second-order valence-corrected chi connectivity index (χ2v) is 5.04. The van der Waals surface area contributed by atoms with E-state index in [1.807, 2.05) is 6.92 Å². The van der Waals surface area contributed by atoms with Crippen LogP contribution in [0.3, 0.4) is 0 Å². The first-order valence-corrected chi connectivity index (χ1v) is 7.10. The molecule has 0 bridgehead atoms. The largest absolute Gasteiger partial charge is 0.340 e. The van der Waals surface area contributed by atoms with E-state index in [1.165, 1.54) is 0 Å². The van der Waals surface area contributed by atoms with Crippen molar-refractivity contribution in [1.82, 2.24) is 41.5 Å². The van der Waals surface area contributed by atoms with E-state index < -0.39 is 0 Å². The molecule has 120 valence electrons. The first-order valence-electron chi connectivity index (χ1n) is 7.10. The summed E-state index contributed by atoms with van der Waals surface area (Å²) in [5.74, 6) is 0.284. The van der Waals surface area contributed by atoms with Crippen LogP contribution in [0.25, 0.3) is 0 Å². The molecule has 1 aliphatic rings. The smallest absolute Gasteiger partial charge is 0.272 e. The Morgan fingerprint density at radius 3 is 3.00 bits per heavy atom. The van der Waals surface area contributed by atoms with Gasteiger partial charge in [-0.2, -0.15) is 10.3 Å². The molecule has 0 aliphatic carbocycles. The topological polar surface area (TPSA) is 124 Å². The number of nitrogens with zero attached hydrogens (tertiary/aromatic N) is 4. The molecule has 0 spiro atoms. The second kappa shape index (κ2) is 7.32. The van der Waals surface area contributed by atoms with Crippen LogP contribution in [0, 0.1) is 0 Å². The highest BCUT2D eigenvalue weighted by atomic mass is 35.5. The summed E-state index contributed by atoms with van der Waals surface area (Å²) in [6.07, 6.45) is 2.51. The molecule has 2 aromatic heterocycles. The predicted molar refractivity (Wildman–Crippen MR) is 80.5 cm³/mol. The number of hydrogen-bond donors (Lipinski definition) is 4. The number of hydrogen-bond acceptors (Lipinski definition) is 6. The van der Waals surface area contributed by atoms with Crippen molar-refractivity contribution in [1.29, 1.82) is 0 Å². The number of rotatable bonds is 5. The lowest BCUT2D eigenvalue weighted by atomic mass is 10.1. The van der Waals surface area contributed by atoms with Crippen molar-refractivity contribution in [3.05, 3.63) is 22.8 Å². The number of H-pyrrole nitrogens is 2. The molecule has 0 saturated carbocycles. The molecule has 0 saturated heterocycles. The van der Waals surface area contributed by atoms with Gasteiger partial charge >= 0.3 is 0 Å². The van der Waals surface area contributed by atoms with Crippen molar-refractivity contribution in [2.24, 2.45) is 0 Å². The Kier molecular flexibility index (Phi) is 5.45. The van der Waals surface area contributed by atoms with Gasteiger partial charge in [-0.15, -0.1) is 22.6 Å². The van der Waals surface area contributed by atoms with E-state index in [4.69, 9.17) is 0 Å². The summed E-state index contributed by atoms with van der Waals surface area (Å²) in [5.41, 5.74) is 2.43.